The topological polar surface area (TPSA) is 97.3 Å². The normalized spacial score (nSPS) is 17.8. The van der Waals surface area contributed by atoms with Crippen molar-refractivity contribution in [3.05, 3.63) is 53.9 Å². The first-order valence-electron chi connectivity index (χ1n) is 17.0. The highest BCUT2D eigenvalue weighted by molar-refractivity contribution is 5.92. The minimum absolute atomic E-state index is 0.0884. The van der Waals surface area contributed by atoms with Crippen LogP contribution in [0, 0.1) is 0 Å². The molecule has 0 bridgehead atoms. The lowest BCUT2D eigenvalue weighted by molar-refractivity contribution is -0.149. The molecule has 10 heteroatoms. The van der Waals surface area contributed by atoms with Crippen molar-refractivity contribution < 1.29 is 23.8 Å². The Labute approximate surface area is 272 Å². The molecule has 0 radical (unpaired) electrons. The number of anilines is 2. The Balaban J connectivity index is 1.18. The summed E-state index contributed by atoms with van der Waals surface area (Å²) in [6.45, 7) is 7.91. The summed E-state index contributed by atoms with van der Waals surface area (Å²) in [5.74, 6) is 3.32. The fraction of sp³-hybridized carbons (Fsp3) is 0.556. The number of esters is 2. The van der Waals surface area contributed by atoms with Gasteiger partial charge in [0.05, 0.1) is 38.9 Å². The zero-order valence-electron chi connectivity index (χ0n) is 27.5. The van der Waals surface area contributed by atoms with Gasteiger partial charge < -0.3 is 24.0 Å². The van der Waals surface area contributed by atoms with Gasteiger partial charge in [0, 0.05) is 49.2 Å². The molecular formula is C36H47N5O5. The Morgan fingerprint density at radius 1 is 0.804 bits per heavy atom. The van der Waals surface area contributed by atoms with Crippen molar-refractivity contribution in [2.24, 2.45) is 0 Å². The van der Waals surface area contributed by atoms with Crippen molar-refractivity contribution in [1.29, 1.82) is 0 Å². The van der Waals surface area contributed by atoms with Gasteiger partial charge in [0.25, 0.3) is 0 Å². The molecule has 3 fully saturated rings. The van der Waals surface area contributed by atoms with E-state index in [1.54, 1.807) is 21.0 Å². The van der Waals surface area contributed by atoms with Gasteiger partial charge in [-0.05, 0) is 88.1 Å². The molecule has 46 heavy (non-hydrogen) atoms. The van der Waals surface area contributed by atoms with Gasteiger partial charge in [-0.15, -0.1) is 0 Å². The fourth-order valence-electron chi connectivity index (χ4n) is 7.03. The largest absolute Gasteiger partial charge is 0.496 e. The van der Waals surface area contributed by atoms with E-state index in [2.05, 4.69) is 46.2 Å². The van der Waals surface area contributed by atoms with Crippen molar-refractivity contribution in [3.63, 3.8) is 0 Å². The van der Waals surface area contributed by atoms with Crippen molar-refractivity contribution in [1.82, 2.24) is 14.9 Å². The van der Waals surface area contributed by atoms with Gasteiger partial charge in [-0.2, -0.15) is 0 Å². The number of para-hydroxylation sites is 1. The molecule has 0 atom stereocenters. The molecule has 2 saturated heterocycles. The average molecular weight is 630 g/mol. The Bertz CT molecular complexity index is 1490. The first kappa shape index (κ1) is 32.0. The molecule has 10 nitrogen and oxygen atoms in total. The van der Waals surface area contributed by atoms with Crippen molar-refractivity contribution >= 4 is 34.3 Å². The molecular weight excluding hydrogens is 582 g/mol. The molecule has 246 valence electrons. The van der Waals surface area contributed by atoms with E-state index in [-0.39, 0.29) is 31.1 Å². The van der Waals surface area contributed by atoms with E-state index in [1.165, 1.54) is 5.56 Å². The fourth-order valence-corrected chi connectivity index (χ4v) is 7.03. The first-order chi connectivity index (χ1) is 22.5. The number of rotatable bonds is 12. The number of piperidine rings is 2. The highest BCUT2D eigenvalue weighted by Crippen LogP contribution is 2.42. The SMILES string of the molecule is CCOC(=O)CN(CC(=O)OCC)C1CCN(c2ccc3nc(C4CC4)nc(N4CCC(c5ccccc5OC)CC4)c3c2)CC1. The third-order valence-corrected chi connectivity index (χ3v) is 9.61. The van der Waals surface area contributed by atoms with E-state index in [1.807, 2.05) is 11.0 Å². The van der Waals surface area contributed by atoms with Crippen molar-refractivity contribution in [2.75, 3.05) is 69.4 Å². The van der Waals surface area contributed by atoms with E-state index < -0.39 is 0 Å². The van der Waals surface area contributed by atoms with Crippen LogP contribution in [0.1, 0.15) is 75.6 Å². The van der Waals surface area contributed by atoms with Crippen LogP contribution in [0.2, 0.25) is 0 Å². The summed E-state index contributed by atoms with van der Waals surface area (Å²) in [7, 11) is 1.75. The number of nitrogens with zero attached hydrogens (tertiary/aromatic N) is 5. The van der Waals surface area contributed by atoms with E-state index in [4.69, 9.17) is 24.2 Å². The van der Waals surface area contributed by atoms with Crippen LogP contribution in [-0.4, -0.2) is 92.4 Å². The number of carbonyl (C=O) groups is 2. The maximum atomic E-state index is 12.3. The predicted octanol–water partition coefficient (Wildman–Crippen LogP) is 5.30. The maximum Gasteiger partial charge on any atom is 0.320 e. The molecule has 3 heterocycles. The number of hydrogen-bond acceptors (Lipinski definition) is 10. The average Bonchev–Trinajstić information content (AvgIpc) is 3.94. The molecule has 0 unspecified atom stereocenters. The van der Waals surface area contributed by atoms with Gasteiger partial charge in [-0.3, -0.25) is 14.5 Å². The number of hydrogen-bond donors (Lipinski definition) is 0. The number of benzene rings is 2. The smallest absolute Gasteiger partial charge is 0.320 e. The monoisotopic (exact) mass is 629 g/mol. The summed E-state index contributed by atoms with van der Waals surface area (Å²) >= 11 is 0. The van der Waals surface area contributed by atoms with Crippen LogP contribution in [0.15, 0.2) is 42.5 Å². The van der Waals surface area contributed by atoms with Crippen LogP contribution >= 0.6 is 0 Å². The highest BCUT2D eigenvalue weighted by Gasteiger charge is 2.32. The summed E-state index contributed by atoms with van der Waals surface area (Å²) in [6.07, 6.45) is 6.08. The second-order valence-corrected chi connectivity index (χ2v) is 12.6. The minimum Gasteiger partial charge on any atom is -0.496 e. The van der Waals surface area contributed by atoms with Gasteiger partial charge in [0.2, 0.25) is 0 Å². The number of fused-ring (bicyclic) bond motifs is 1. The van der Waals surface area contributed by atoms with E-state index in [0.717, 1.165) is 98.7 Å². The molecule has 1 aromatic heterocycles. The van der Waals surface area contributed by atoms with Crippen molar-refractivity contribution in [3.8, 4) is 5.75 Å². The lowest BCUT2D eigenvalue weighted by atomic mass is 9.88. The molecule has 3 aliphatic rings. The minimum atomic E-state index is -0.311. The third kappa shape index (κ3) is 7.38. The zero-order valence-corrected chi connectivity index (χ0v) is 27.5. The summed E-state index contributed by atoms with van der Waals surface area (Å²) in [6, 6.07) is 15.1. The number of carbonyl (C=O) groups excluding carboxylic acids is 2. The Hall–Kier alpha value is -3.92. The lowest BCUT2D eigenvalue weighted by Gasteiger charge is -2.39. The third-order valence-electron chi connectivity index (χ3n) is 9.61. The molecule has 0 amide bonds. The van der Waals surface area contributed by atoms with Gasteiger partial charge in [0.1, 0.15) is 17.4 Å². The Morgan fingerprint density at radius 2 is 1.46 bits per heavy atom. The van der Waals surface area contributed by atoms with Crippen LogP contribution in [0.25, 0.3) is 10.9 Å². The zero-order chi connectivity index (χ0) is 32.0. The second kappa shape index (κ2) is 14.7. The summed E-state index contributed by atoms with van der Waals surface area (Å²) in [5, 5.41) is 1.10. The van der Waals surface area contributed by atoms with Gasteiger partial charge in [0.15, 0.2) is 0 Å². The molecule has 2 aromatic carbocycles. The second-order valence-electron chi connectivity index (χ2n) is 12.6. The van der Waals surface area contributed by atoms with E-state index in [9.17, 15) is 9.59 Å². The lowest BCUT2D eigenvalue weighted by Crippen LogP contribution is -2.49. The van der Waals surface area contributed by atoms with Gasteiger partial charge in [-0.25, -0.2) is 9.97 Å². The highest BCUT2D eigenvalue weighted by atomic mass is 16.5. The molecule has 1 saturated carbocycles. The standard InChI is InChI=1S/C36H47N5O5/c1-4-45-33(42)23-41(24-34(43)46-5-2)27-16-20-39(21-17-27)28-12-13-31-30(22-28)36(38-35(37-31)26-10-11-26)40-18-14-25(15-19-40)29-8-6-7-9-32(29)44-3/h6-9,12-13,22,25-27H,4-5,10-11,14-21,23-24H2,1-3H3. The summed E-state index contributed by atoms with van der Waals surface area (Å²) < 4.78 is 16.1. The van der Waals surface area contributed by atoms with Crippen LogP contribution in [0.4, 0.5) is 11.5 Å². The first-order valence-corrected chi connectivity index (χ1v) is 17.0. The molecule has 3 aromatic rings. The molecule has 0 N–H and O–H groups in total. The van der Waals surface area contributed by atoms with Crippen LogP contribution in [0.5, 0.6) is 5.75 Å². The van der Waals surface area contributed by atoms with Gasteiger partial charge in [-0.1, -0.05) is 18.2 Å². The van der Waals surface area contributed by atoms with Crippen LogP contribution < -0.4 is 14.5 Å². The quantitative estimate of drug-likeness (QED) is 0.246. The van der Waals surface area contributed by atoms with Crippen LogP contribution in [-0.2, 0) is 19.1 Å². The predicted molar refractivity (Wildman–Crippen MR) is 179 cm³/mol. The van der Waals surface area contributed by atoms with E-state index >= 15 is 0 Å². The van der Waals surface area contributed by atoms with Crippen LogP contribution in [0.3, 0.4) is 0 Å². The van der Waals surface area contributed by atoms with Gasteiger partial charge >= 0.3 is 11.9 Å². The molecule has 6 rings (SSSR count). The maximum absolute atomic E-state index is 12.3. The summed E-state index contributed by atoms with van der Waals surface area (Å²) in [4.78, 5) is 41.7. The summed E-state index contributed by atoms with van der Waals surface area (Å²) in [5.41, 5.74) is 3.46. The van der Waals surface area contributed by atoms with Crippen molar-refractivity contribution in [2.45, 2.75) is 70.3 Å². The number of aromatic nitrogens is 2. The van der Waals surface area contributed by atoms with E-state index in [0.29, 0.717) is 25.0 Å². The Morgan fingerprint density at radius 3 is 2.09 bits per heavy atom. The molecule has 2 aliphatic heterocycles. The number of methoxy groups -OCH3 is 1. The molecule has 1 aliphatic carbocycles. The number of ether oxygens (including phenoxy) is 3. The Kier molecular flexibility index (Phi) is 10.2. The molecule has 0 spiro atoms.